The Hall–Kier alpha value is -3.26. The maximum Gasteiger partial charge on any atom is 0.375 e. The fraction of sp³-hybridized carbons (Fsp3) is 0.238. The van der Waals surface area contributed by atoms with Gasteiger partial charge in [-0.25, -0.2) is 13.6 Å². The number of rotatable bonds is 7. The lowest BCUT2D eigenvalue weighted by atomic mass is 10.1. The van der Waals surface area contributed by atoms with Gasteiger partial charge < -0.3 is 19.2 Å². The zero-order chi connectivity index (χ0) is 21.0. The molecule has 0 saturated heterocycles. The van der Waals surface area contributed by atoms with Gasteiger partial charge in [0, 0.05) is 29.7 Å². The summed E-state index contributed by atoms with van der Waals surface area (Å²) in [5, 5.41) is 3.21. The molecule has 2 aromatic carbocycles. The Morgan fingerprint density at radius 3 is 2.66 bits per heavy atom. The molecule has 1 N–H and O–H groups in total. The number of furan rings is 1. The van der Waals surface area contributed by atoms with E-state index in [2.05, 4.69) is 5.32 Å². The standard InChI is InChI=1S/C21H19F2NO5/c1-12(14-8-7-13(22)9-17(14)23)24-19(25)11-28-21(26)20-16(10-27-2)15-5-3-4-6-18(15)29-20/h3-9,12H,10-11H2,1-2H3,(H,24,25)/t12-/m0/s1. The number of carbonyl (C=O) groups is 2. The van der Waals surface area contributed by atoms with Crippen LogP contribution >= 0.6 is 0 Å². The van der Waals surface area contributed by atoms with Crippen LogP contribution in [0.4, 0.5) is 8.78 Å². The van der Waals surface area contributed by atoms with E-state index >= 15 is 0 Å². The molecule has 0 radical (unpaired) electrons. The Morgan fingerprint density at radius 2 is 1.93 bits per heavy atom. The second-order valence-electron chi connectivity index (χ2n) is 6.37. The van der Waals surface area contributed by atoms with Crippen molar-refractivity contribution < 1.29 is 32.3 Å². The summed E-state index contributed by atoms with van der Waals surface area (Å²) in [6, 6.07) is 9.39. The van der Waals surface area contributed by atoms with E-state index in [1.807, 2.05) is 0 Å². The Kier molecular flexibility index (Phi) is 6.23. The lowest BCUT2D eigenvalue weighted by Crippen LogP contribution is -2.31. The van der Waals surface area contributed by atoms with Crippen molar-refractivity contribution in [1.29, 1.82) is 0 Å². The van der Waals surface area contributed by atoms with Crippen LogP contribution in [0, 0.1) is 11.6 Å². The molecule has 0 unspecified atom stereocenters. The van der Waals surface area contributed by atoms with Gasteiger partial charge in [0.05, 0.1) is 12.6 Å². The summed E-state index contributed by atoms with van der Waals surface area (Å²) in [5.41, 5.74) is 1.14. The molecule has 1 atom stereocenters. The number of amides is 1. The number of ether oxygens (including phenoxy) is 2. The van der Waals surface area contributed by atoms with Crippen LogP contribution in [-0.2, 0) is 20.9 Å². The number of hydrogen-bond acceptors (Lipinski definition) is 5. The van der Waals surface area contributed by atoms with Crippen molar-refractivity contribution in [2.24, 2.45) is 0 Å². The first-order chi connectivity index (χ1) is 13.9. The smallest absolute Gasteiger partial charge is 0.375 e. The average molecular weight is 403 g/mol. The Balaban J connectivity index is 1.65. The fourth-order valence-electron chi connectivity index (χ4n) is 2.96. The number of carbonyl (C=O) groups excluding carboxylic acids is 2. The van der Waals surface area contributed by atoms with Crippen LogP contribution < -0.4 is 5.32 Å². The molecule has 1 heterocycles. The number of methoxy groups -OCH3 is 1. The number of para-hydroxylation sites is 1. The molecule has 0 saturated carbocycles. The second kappa shape index (κ2) is 8.83. The van der Waals surface area contributed by atoms with Gasteiger partial charge in [0.15, 0.2) is 6.61 Å². The summed E-state index contributed by atoms with van der Waals surface area (Å²) in [7, 11) is 1.49. The maximum absolute atomic E-state index is 13.8. The average Bonchev–Trinajstić information content (AvgIpc) is 3.05. The molecule has 0 spiro atoms. The SMILES string of the molecule is COCc1c(C(=O)OCC(=O)N[C@@H](C)c2ccc(F)cc2F)oc2ccccc12. The molecule has 6 nitrogen and oxygen atoms in total. The third-order valence-electron chi connectivity index (χ3n) is 4.31. The Bertz CT molecular complexity index is 1050. The summed E-state index contributed by atoms with van der Waals surface area (Å²) in [6.45, 7) is 1.08. The van der Waals surface area contributed by atoms with E-state index < -0.39 is 36.2 Å². The quantitative estimate of drug-likeness (QED) is 0.606. The third-order valence-corrected chi connectivity index (χ3v) is 4.31. The fourth-order valence-corrected chi connectivity index (χ4v) is 2.96. The summed E-state index contributed by atoms with van der Waals surface area (Å²) in [5.74, 6) is -2.99. The molecule has 0 aliphatic rings. The minimum atomic E-state index is -0.816. The van der Waals surface area contributed by atoms with Crippen LogP contribution in [0.15, 0.2) is 46.9 Å². The number of esters is 1. The number of nitrogens with one attached hydrogen (secondary N) is 1. The van der Waals surface area contributed by atoms with Crippen LogP contribution in [0.2, 0.25) is 0 Å². The van der Waals surface area contributed by atoms with Crippen molar-refractivity contribution in [3.05, 3.63) is 71.0 Å². The van der Waals surface area contributed by atoms with Crippen molar-refractivity contribution in [2.75, 3.05) is 13.7 Å². The molecular weight excluding hydrogens is 384 g/mol. The third kappa shape index (κ3) is 4.60. The lowest BCUT2D eigenvalue weighted by molar-refractivity contribution is -0.124. The van der Waals surface area contributed by atoms with Gasteiger partial charge in [0.1, 0.15) is 17.2 Å². The predicted octanol–water partition coefficient (Wildman–Crippen LogP) is 3.89. The molecule has 152 valence electrons. The van der Waals surface area contributed by atoms with Crippen molar-refractivity contribution in [1.82, 2.24) is 5.32 Å². The molecule has 0 aliphatic heterocycles. The highest BCUT2D eigenvalue weighted by molar-refractivity contribution is 5.96. The van der Waals surface area contributed by atoms with Gasteiger partial charge in [-0.3, -0.25) is 4.79 Å². The molecule has 0 bridgehead atoms. The largest absolute Gasteiger partial charge is 0.450 e. The molecule has 29 heavy (non-hydrogen) atoms. The zero-order valence-corrected chi connectivity index (χ0v) is 15.8. The summed E-state index contributed by atoms with van der Waals surface area (Å²) in [4.78, 5) is 24.5. The van der Waals surface area contributed by atoms with Crippen LogP contribution in [0.1, 0.15) is 34.6 Å². The van der Waals surface area contributed by atoms with Gasteiger partial charge in [-0.15, -0.1) is 0 Å². The van der Waals surface area contributed by atoms with Crippen LogP contribution in [0.25, 0.3) is 11.0 Å². The highest BCUT2D eigenvalue weighted by atomic mass is 19.1. The van der Waals surface area contributed by atoms with Crippen LogP contribution in [0.3, 0.4) is 0 Å². The van der Waals surface area contributed by atoms with Crippen molar-refractivity contribution in [3.8, 4) is 0 Å². The molecule has 1 aromatic heterocycles. The second-order valence-corrected chi connectivity index (χ2v) is 6.37. The summed E-state index contributed by atoms with van der Waals surface area (Å²) >= 11 is 0. The minimum Gasteiger partial charge on any atom is -0.450 e. The van der Waals surface area contributed by atoms with E-state index in [4.69, 9.17) is 13.9 Å². The van der Waals surface area contributed by atoms with Gasteiger partial charge >= 0.3 is 5.97 Å². The van der Waals surface area contributed by atoms with Gasteiger partial charge in [-0.2, -0.15) is 0 Å². The topological polar surface area (TPSA) is 77.8 Å². The normalized spacial score (nSPS) is 12.0. The van der Waals surface area contributed by atoms with E-state index in [1.54, 1.807) is 24.3 Å². The Labute approximate surface area is 165 Å². The maximum atomic E-state index is 13.8. The van der Waals surface area contributed by atoms with E-state index in [0.717, 1.165) is 12.1 Å². The molecule has 3 aromatic rings. The van der Waals surface area contributed by atoms with Gasteiger partial charge in [0.25, 0.3) is 5.91 Å². The van der Waals surface area contributed by atoms with Gasteiger partial charge in [-0.1, -0.05) is 24.3 Å². The van der Waals surface area contributed by atoms with Crippen LogP contribution in [-0.4, -0.2) is 25.6 Å². The first-order valence-corrected chi connectivity index (χ1v) is 8.81. The predicted molar refractivity (Wildman–Crippen MR) is 100 cm³/mol. The Morgan fingerprint density at radius 1 is 1.17 bits per heavy atom. The first-order valence-electron chi connectivity index (χ1n) is 8.81. The number of hydrogen-bond donors (Lipinski definition) is 1. The number of fused-ring (bicyclic) bond motifs is 1. The van der Waals surface area contributed by atoms with Gasteiger partial charge in [-0.05, 0) is 19.1 Å². The van der Waals surface area contributed by atoms with E-state index in [1.165, 1.54) is 20.1 Å². The molecule has 0 fully saturated rings. The van der Waals surface area contributed by atoms with Crippen molar-refractivity contribution >= 4 is 22.8 Å². The minimum absolute atomic E-state index is 0.0431. The number of benzene rings is 2. The van der Waals surface area contributed by atoms with Crippen molar-refractivity contribution in [2.45, 2.75) is 19.6 Å². The number of halogens is 2. The van der Waals surface area contributed by atoms with E-state index in [9.17, 15) is 18.4 Å². The molecule has 1 amide bonds. The molecule has 3 rings (SSSR count). The zero-order valence-electron chi connectivity index (χ0n) is 15.8. The highest BCUT2D eigenvalue weighted by Gasteiger charge is 2.23. The van der Waals surface area contributed by atoms with Crippen molar-refractivity contribution in [3.63, 3.8) is 0 Å². The summed E-state index contributed by atoms with van der Waals surface area (Å²) < 4.78 is 42.5. The van der Waals surface area contributed by atoms with Gasteiger partial charge in [0.2, 0.25) is 5.76 Å². The lowest BCUT2D eigenvalue weighted by Gasteiger charge is -2.15. The van der Waals surface area contributed by atoms with E-state index in [0.29, 0.717) is 16.5 Å². The summed E-state index contributed by atoms with van der Waals surface area (Å²) in [6.07, 6.45) is 0. The molecule has 0 aliphatic carbocycles. The molecule has 8 heteroatoms. The van der Waals surface area contributed by atoms with E-state index in [-0.39, 0.29) is 17.9 Å². The van der Waals surface area contributed by atoms with Crippen LogP contribution in [0.5, 0.6) is 0 Å². The first kappa shape index (κ1) is 20.5. The highest BCUT2D eigenvalue weighted by Crippen LogP contribution is 2.27. The monoisotopic (exact) mass is 403 g/mol. The molecular formula is C21H19F2NO5.